The molecule has 2 heterocycles. The molecule has 8 heteroatoms. The number of morpholine rings is 1. The summed E-state index contributed by atoms with van der Waals surface area (Å²) in [5.74, 6) is 0.310. The molecule has 1 aliphatic heterocycles. The zero-order valence-electron chi connectivity index (χ0n) is 15.8. The summed E-state index contributed by atoms with van der Waals surface area (Å²) < 4.78 is 6.98. The molecule has 8 nitrogen and oxygen atoms in total. The minimum Gasteiger partial charge on any atom is -0.379 e. The second-order valence-corrected chi connectivity index (χ2v) is 7.38. The summed E-state index contributed by atoms with van der Waals surface area (Å²) in [6, 6.07) is 1.84. The van der Waals surface area contributed by atoms with Gasteiger partial charge in [-0.25, -0.2) is 4.79 Å². The first-order valence-corrected chi connectivity index (χ1v) is 8.49. The molecule has 1 aromatic heterocycles. The standard InChI is InChI=1S/C17H28N6O2/c1-13-14(10-18)15(20-22(13)5)19-16(24)21(4)11-17(2,3)12-23-6-8-25-9-7-23/h6-9,11-12H2,1-5H3,(H,19,20,24). The summed E-state index contributed by atoms with van der Waals surface area (Å²) in [5.41, 5.74) is 1.08. The summed E-state index contributed by atoms with van der Waals surface area (Å²) in [4.78, 5) is 16.5. The summed E-state index contributed by atoms with van der Waals surface area (Å²) in [5, 5.41) is 16.2. The molecular weight excluding hydrogens is 320 g/mol. The highest BCUT2D eigenvalue weighted by atomic mass is 16.5. The van der Waals surface area contributed by atoms with E-state index in [2.05, 4.69) is 35.2 Å². The number of hydrogen-bond donors (Lipinski definition) is 1. The van der Waals surface area contributed by atoms with Crippen LogP contribution in [0.15, 0.2) is 0 Å². The maximum absolute atomic E-state index is 12.5. The van der Waals surface area contributed by atoms with Crippen LogP contribution in [-0.2, 0) is 11.8 Å². The lowest BCUT2D eigenvalue weighted by Crippen LogP contribution is -2.47. The molecule has 0 aromatic carbocycles. The zero-order valence-corrected chi connectivity index (χ0v) is 15.8. The van der Waals surface area contributed by atoms with Gasteiger partial charge >= 0.3 is 6.03 Å². The predicted molar refractivity (Wildman–Crippen MR) is 95.3 cm³/mol. The minimum absolute atomic E-state index is 0.0540. The van der Waals surface area contributed by atoms with Crippen molar-refractivity contribution in [3.05, 3.63) is 11.3 Å². The number of ether oxygens (including phenoxy) is 1. The fraction of sp³-hybridized carbons (Fsp3) is 0.706. The van der Waals surface area contributed by atoms with Gasteiger partial charge in [-0.05, 0) is 12.3 Å². The Hall–Kier alpha value is -2.11. The van der Waals surface area contributed by atoms with Gasteiger partial charge in [0.05, 0.1) is 18.9 Å². The number of carbonyl (C=O) groups is 1. The Balaban J connectivity index is 1.95. The number of amides is 2. The van der Waals surface area contributed by atoms with Crippen LogP contribution in [0.2, 0.25) is 0 Å². The molecule has 25 heavy (non-hydrogen) atoms. The van der Waals surface area contributed by atoms with E-state index < -0.39 is 0 Å². The van der Waals surface area contributed by atoms with Crippen LogP contribution in [-0.4, -0.2) is 72.1 Å². The van der Waals surface area contributed by atoms with Crippen LogP contribution < -0.4 is 5.32 Å². The van der Waals surface area contributed by atoms with Gasteiger partial charge in [-0.3, -0.25) is 14.9 Å². The number of anilines is 1. The molecule has 0 saturated carbocycles. The third-order valence-electron chi connectivity index (χ3n) is 4.44. The summed E-state index contributed by atoms with van der Waals surface area (Å²) in [7, 11) is 3.51. The Morgan fingerprint density at radius 3 is 2.68 bits per heavy atom. The molecule has 1 aliphatic rings. The van der Waals surface area contributed by atoms with Gasteiger partial charge in [0.25, 0.3) is 0 Å². The number of carbonyl (C=O) groups excluding carboxylic acids is 1. The third-order valence-corrected chi connectivity index (χ3v) is 4.44. The van der Waals surface area contributed by atoms with Crippen molar-refractivity contribution in [2.45, 2.75) is 20.8 Å². The van der Waals surface area contributed by atoms with Crippen molar-refractivity contribution in [2.75, 3.05) is 51.8 Å². The minimum atomic E-state index is -0.260. The van der Waals surface area contributed by atoms with Crippen LogP contribution in [0.1, 0.15) is 25.1 Å². The largest absolute Gasteiger partial charge is 0.379 e. The second kappa shape index (κ2) is 7.85. The van der Waals surface area contributed by atoms with Crippen LogP contribution in [0.5, 0.6) is 0 Å². The lowest BCUT2D eigenvalue weighted by molar-refractivity contribution is 0.0182. The molecule has 2 rings (SSSR count). The second-order valence-electron chi connectivity index (χ2n) is 7.38. The van der Waals surface area contributed by atoms with E-state index in [4.69, 9.17) is 4.74 Å². The average molecular weight is 348 g/mol. The quantitative estimate of drug-likeness (QED) is 0.870. The number of aryl methyl sites for hydroxylation is 1. The molecule has 0 radical (unpaired) electrons. The van der Waals surface area contributed by atoms with E-state index in [1.54, 1.807) is 30.6 Å². The molecule has 138 valence electrons. The van der Waals surface area contributed by atoms with Crippen molar-refractivity contribution >= 4 is 11.8 Å². The Morgan fingerprint density at radius 1 is 1.44 bits per heavy atom. The van der Waals surface area contributed by atoms with Crippen molar-refractivity contribution in [2.24, 2.45) is 12.5 Å². The first-order chi connectivity index (χ1) is 11.7. The number of nitrogens with one attached hydrogen (secondary N) is 1. The Bertz CT molecular complexity index is 655. The fourth-order valence-corrected chi connectivity index (χ4v) is 3.15. The van der Waals surface area contributed by atoms with Gasteiger partial charge in [0.1, 0.15) is 11.6 Å². The van der Waals surface area contributed by atoms with Crippen LogP contribution in [0, 0.1) is 23.7 Å². The lowest BCUT2D eigenvalue weighted by Gasteiger charge is -2.37. The Kier molecular flexibility index (Phi) is 6.03. The highest BCUT2D eigenvalue weighted by molar-refractivity contribution is 5.89. The number of nitrogens with zero attached hydrogens (tertiary/aromatic N) is 5. The molecule has 1 fully saturated rings. The predicted octanol–water partition coefficient (Wildman–Crippen LogP) is 1.42. The molecule has 1 saturated heterocycles. The third kappa shape index (κ3) is 4.94. The van der Waals surface area contributed by atoms with E-state index in [9.17, 15) is 10.1 Å². The molecule has 0 bridgehead atoms. The normalized spacial score (nSPS) is 15.7. The van der Waals surface area contributed by atoms with Crippen molar-refractivity contribution < 1.29 is 9.53 Å². The van der Waals surface area contributed by atoms with Gasteiger partial charge in [-0.1, -0.05) is 13.8 Å². The first-order valence-electron chi connectivity index (χ1n) is 8.49. The van der Waals surface area contributed by atoms with Crippen molar-refractivity contribution in [1.82, 2.24) is 19.6 Å². The molecule has 0 unspecified atom stereocenters. The summed E-state index contributed by atoms with van der Waals surface area (Å²) >= 11 is 0. The van der Waals surface area contributed by atoms with Crippen molar-refractivity contribution in [3.8, 4) is 6.07 Å². The maximum atomic E-state index is 12.5. The van der Waals surface area contributed by atoms with Gasteiger partial charge in [-0.2, -0.15) is 10.4 Å². The molecule has 0 aliphatic carbocycles. The average Bonchev–Trinajstić information content (AvgIpc) is 2.81. The van der Waals surface area contributed by atoms with E-state index in [1.165, 1.54) is 0 Å². The number of nitriles is 1. The molecule has 1 aromatic rings. The highest BCUT2D eigenvalue weighted by Gasteiger charge is 2.27. The van der Waals surface area contributed by atoms with Crippen molar-refractivity contribution in [3.63, 3.8) is 0 Å². The van der Waals surface area contributed by atoms with E-state index in [1.807, 2.05) is 0 Å². The number of rotatable bonds is 5. The number of urea groups is 1. The van der Waals surface area contributed by atoms with E-state index in [0.717, 1.165) is 38.5 Å². The lowest BCUT2D eigenvalue weighted by atomic mass is 9.92. The highest BCUT2D eigenvalue weighted by Crippen LogP contribution is 2.21. The van der Waals surface area contributed by atoms with Crippen LogP contribution in [0.3, 0.4) is 0 Å². The SMILES string of the molecule is Cc1c(C#N)c(NC(=O)N(C)CC(C)(C)CN2CCOCC2)nn1C. The van der Waals surface area contributed by atoms with Gasteiger partial charge in [0.2, 0.25) is 0 Å². The topological polar surface area (TPSA) is 86.4 Å². The van der Waals surface area contributed by atoms with E-state index in [-0.39, 0.29) is 11.4 Å². The van der Waals surface area contributed by atoms with E-state index in [0.29, 0.717) is 17.9 Å². The van der Waals surface area contributed by atoms with E-state index >= 15 is 0 Å². The number of hydrogen-bond acceptors (Lipinski definition) is 5. The van der Waals surface area contributed by atoms with Crippen LogP contribution in [0.4, 0.5) is 10.6 Å². The first kappa shape index (κ1) is 19.2. The maximum Gasteiger partial charge on any atom is 0.322 e. The van der Waals surface area contributed by atoms with Gasteiger partial charge in [0, 0.05) is 40.3 Å². The molecule has 0 atom stereocenters. The summed E-state index contributed by atoms with van der Waals surface area (Å²) in [6.07, 6.45) is 0. The Morgan fingerprint density at radius 2 is 2.08 bits per heavy atom. The van der Waals surface area contributed by atoms with Crippen LogP contribution in [0.25, 0.3) is 0 Å². The van der Waals surface area contributed by atoms with Gasteiger partial charge in [0.15, 0.2) is 5.82 Å². The van der Waals surface area contributed by atoms with Gasteiger partial charge in [-0.15, -0.1) is 0 Å². The molecule has 2 amide bonds. The smallest absolute Gasteiger partial charge is 0.322 e. The van der Waals surface area contributed by atoms with Gasteiger partial charge < -0.3 is 9.64 Å². The van der Waals surface area contributed by atoms with Crippen molar-refractivity contribution in [1.29, 1.82) is 5.26 Å². The Labute approximate surface area is 149 Å². The van der Waals surface area contributed by atoms with Crippen LogP contribution >= 0.6 is 0 Å². The number of aromatic nitrogens is 2. The zero-order chi connectivity index (χ0) is 18.6. The summed E-state index contributed by atoms with van der Waals surface area (Å²) in [6.45, 7) is 11.0. The molecular formula is C17H28N6O2. The fourth-order valence-electron chi connectivity index (χ4n) is 3.15. The molecule has 0 spiro atoms. The monoisotopic (exact) mass is 348 g/mol. The molecule has 1 N–H and O–H groups in total.